The fourth-order valence-electron chi connectivity index (χ4n) is 3.59. The molecule has 152 valence electrons. The molecule has 1 atom stereocenters. The van der Waals surface area contributed by atoms with Crippen molar-refractivity contribution in [2.75, 3.05) is 18.9 Å². The van der Waals surface area contributed by atoms with Crippen molar-refractivity contribution in [2.24, 2.45) is 5.14 Å². The van der Waals surface area contributed by atoms with E-state index in [0.29, 0.717) is 6.04 Å². The summed E-state index contributed by atoms with van der Waals surface area (Å²) in [7, 11) is -1.86. The van der Waals surface area contributed by atoms with Crippen LogP contribution in [0.15, 0.2) is 41.4 Å². The Balaban J connectivity index is 1.60. The molecule has 28 heavy (non-hydrogen) atoms. The minimum absolute atomic E-state index is 0.0694. The molecule has 0 aliphatic heterocycles. The number of anilines is 1. The maximum absolute atomic E-state index is 12.5. The molecule has 1 unspecified atom stereocenters. The molecule has 1 heterocycles. The van der Waals surface area contributed by atoms with Crippen molar-refractivity contribution < 1.29 is 13.2 Å². The monoisotopic (exact) mass is 405 g/mol. The molecule has 2 aromatic rings. The van der Waals surface area contributed by atoms with Crippen molar-refractivity contribution >= 4 is 21.7 Å². The highest BCUT2D eigenvalue weighted by molar-refractivity contribution is 7.89. The average molecular weight is 406 g/mol. The van der Waals surface area contributed by atoms with Crippen LogP contribution >= 0.6 is 0 Å². The Morgan fingerprint density at radius 1 is 1.29 bits per heavy atom. The zero-order valence-electron chi connectivity index (χ0n) is 16.2. The predicted molar refractivity (Wildman–Crippen MR) is 107 cm³/mol. The quantitative estimate of drug-likeness (QED) is 0.734. The summed E-state index contributed by atoms with van der Waals surface area (Å²) in [6.07, 6.45) is 6.30. The third-order valence-corrected chi connectivity index (χ3v) is 6.28. The minimum atomic E-state index is -3.71. The molecule has 1 aliphatic rings. The number of likely N-dealkylation sites (N-methyl/N-ethyl adjacent to an activating group) is 1. The summed E-state index contributed by atoms with van der Waals surface area (Å²) in [4.78, 5) is 14.5. The van der Waals surface area contributed by atoms with Crippen LogP contribution in [0.1, 0.15) is 50.3 Å². The topological polar surface area (TPSA) is 110 Å². The highest BCUT2D eigenvalue weighted by Crippen LogP contribution is 2.31. The zero-order chi connectivity index (χ0) is 20.3. The molecular formula is C19H27N5O3S. The number of nitrogens with zero attached hydrogens (tertiary/aromatic N) is 3. The van der Waals surface area contributed by atoms with Crippen molar-refractivity contribution in [3.63, 3.8) is 0 Å². The standard InChI is InChI=1S/C19H27N5O3S/c1-14(15-7-9-17(10-8-15)28(20,26)27)23(2)13-19(25)22-18-11-12-21-24(18)16-5-3-4-6-16/h7-12,14,16H,3-6,13H2,1-2H3,(H,22,25)(H2,20,26,27). The fourth-order valence-corrected chi connectivity index (χ4v) is 4.10. The van der Waals surface area contributed by atoms with E-state index in [-0.39, 0.29) is 23.4 Å². The van der Waals surface area contributed by atoms with Crippen LogP contribution in [-0.2, 0) is 14.8 Å². The van der Waals surface area contributed by atoms with Crippen molar-refractivity contribution in [3.05, 3.63) is 42.1 Å². The van der Waals surface area contributed by atoms with Gasteiger partial charge in [-0.05, 0) is 44.5 Å². The number of nitrogens with one attached hydrogen (secondary N) is 1. The lowest BCUT2D eigenvalue weighted by atomic mass is 10.1. The van der Waals surface area contributed by atoms with Gasteiger partial charge in [-0.25, -0.2) is 18.2 Å². The first kappa shape index (κ1) is 20.5. The van der Waals surface area contributed by atoms with E-state index < -0.39 is 10.0 Å². The first-order valence-corrected chi connectivity index (χ1v) is 11.0. The van der Waals surface area contributed by atoms with E-state index in [4.69, 9.17) is 5.14 Å². The van der Waals surface area contributed by atoms with Crippen LogP contribution in [0.2, 0.25) is 0 Å². The van der Waals surface area contributed by atoms with Gasteiger partial charge in [-0.3, -0.25) is 9.69 Å². The number of hydrogen-bond acceptors (Lipinski definition) is 5. The van der Waals surface area contributed by atoms with Crippen LogP contribution in [0.3, 0.4) is 0 Å². The first-order chi connectivity index (χ1) is 13.3. The smallest absolute Gasteiger partial charge is 0.239 e. The number of rotatable bonds is 7. The van der Waals surface area contributed by atoms with Gasteiger partial charge in [0.25, 0.3) is 0 Å². The Bertz CT molecular complexity index is 917. The lowest BCUT2D eigenvalue weighted by Gasteiger charge is -2.25. The second-order valence-corrected chi connectivity index (χ2v) is 8.91. The van der Waals surface area contributed by atoms with Crippen LogP contribution in [-0.4, -0.2) is 42.6 Å². The zero-order valence-corrected chi connectivity index (χ0v) is 17.0. The van der Waals surface area contributed by atoms with Gasteiger partial charge in [0, 0.05) is 12.1 Å². The number of nitrogens with two attached hydrogens (primary N) is 1. The van der Waals surface area contributed by atoms with Gasteiger partial charge in [0.05, 0.1) is 23.7 Å². The van der Waals surface area contributed by atoms with Gasteiger partial charge in [-0.1, -0.05) is 25.0 Å². The maximum atomic E-state index is 12.5. The number of sulfonamides is 1. The van der Waals surface area contributed by atoms with Gasteiger partial charge in [0.15, 0.2) is 0 Å². The van der Waals surface area contributed by atoms with Crippen LogP contribution in [0.25, 0.3) is 0 Å². The van der Waals surface area contributed by atoms with E-state index >= 15 is 0 Å². The molecule has 1 amide bonds. The molecule has 1 aliphatic carbocycles. The third-order valence-electron chi connectivity index (χ3n) is 5.35. The van der Waals surface area contributed by atoms with Crippen molar-refractivity contribution in [3.8, 4) is 0 Å². The van der Waals surface area contributed by atoms with Gasteiger partial charge in [0.1, 0.15) is 5.82 Å². The van der Waals surface area contributed by atoms with E-state index in [0.717, 1.165) is 24.2 Å². The lowest BCUT2D eigenvalue weighted by Crippen LogP contribution is -2.33. The molecule has 3 rings (SSSR count). The highest BCUT2D eigenvalue weighted by atomic mass is 32.2. The number of aromatic nitrogens is 2. The Labute approximate surface area is 165 Å². The SMILES string of the molecule is CC(c1ccc(S(N)(=O)=O)cc1)N(C)CC(=O)Nc1ccnn1C1CCCC1. The summed E-state index contributed by atoms with van der Waals surface area (Å²) in [5.41, 5.74) is 0.902. The second kappa shape index (κ2) is 8.42. The molecule has 9 heteroatoms. The van der Waals surface area contributed by atoms with E-state index in [1.54, 1.807) is 18.3 Å². The molecule has 1 aromatic carbocycles. The van der Waals surface area contributed by atoms with E-state index in [1.165, 1.54) is 25.0 Å². The van der Waals surface area contributed by atoms with Gasteiger partial charge in [-0.2, -0.15) is 5.10 Å². The van der Waals surface area contributed by atoms with Crippen molar-refractivity contribution in [1.82, 2.24) is 14.7 Å². The minimum Gasteiger partial charge on any atom is -0.310 e. The summed E-state index contributed by atoms with van der Waals surface area (Å²) in [6.45, 7) is 2.16. The number of amides is 1. The van der Waals surface area contributed by atoms with Crippen LogP contribution in [0.5, 0.6) is 0 Å². The molecule has 0 bridgehead atoms. The molecular weight excluding hydrogens is 378 g/mol. The lowest BCUT2D eigenvalue weighted by molar-refractivity contribution is -0.117. The molecule has 1 fully saturated rings. The molecule has 1 aromatic heterocycles. The summed E-state index contributed by atoms with van der Waals surface area (Å²) < 4.78 is 24.7. The number of carbonyl (C=O) groups excluding carboxylic acids is 1. The number of primary sulfonamides is 1. The summed E-state index contributed by atoms with van der Waals surface area (Å²) in [5.74, 6) is 0.616. The van der Waals surface area contributed by atoms with E-state index in [2.05, 4.69) is 10.4 Å². The van der Waals surface area contributed by atoms with E-state index in [9.17, 15) is 13.2 Å². The normalized spacial score (nSPS) is 16.4. The highest BCUT2D eigenvalue weighted by Gasteiger charge is 2.21. The molecule has 0 saturated heterocycles. The fraction of sp³-hybridized carbons (Fsp3) is 0.474. The molecule has 0 radical (unpaired) electrons. The first-order valence-electron chi connectivity index (χ1n) is 9.42. The molecule has 1 saturated carbocycles. The van der Waals surface area contributed by atoms with Crippen LogP contribution in [0.4, 0.5) is 5.82 Å². The van der Waals surface area contributed by atoms with Crippen molar-refractivity contribution in [2.45, 2.75) is 49.6 Å². The van der Waals surface area contributed by atoms with E-state index in [1.807, 2.05) is 29.6 Å². The molecule has 3 N–H and O–H groups in total. The van der Waals surface area contributed by atoms with Crippen LogP contribution in [0, 0.1) is 0 Å². The number of hydrogen-bond donors (Lipinski definition) is 2. The van der Waals surface area contributed by atoms with Crippen LogP contribution < -0.4 is 10.5 Å². The van der Waals surface area contributed by atoms with Gasteiger partial charge in [-0.15, -0.1) is 0 Å². The Kier molecular flexibility index (Phi) is 6.17. The van der Waals surface area contributed by atoms with Gasteiger partial charge in [0.2, 0.25) is 15.9 Å². The van der Waals surface area contributed by atoms with Crippen molar-refractivity contribution in [1.29, 1.82) is 0 Å². The average Bonchev–Trinajstić information content (AvgIpc) is 3.31. The Morgan fingerprint density at radius 3 is 2.54 bits per heavy atom. The predicted octanol–water partition coefficient (Wildman–Crippen LogP) is 2.28. The summed E-state index contributed by atoms with van der Waals surface area (Å²) in [5, 5.41) is 12.5. The Hall–Kier alpha value is -2.23. The number of carbonyl (C=O) groups is 1. The molecule has 8 nitrogen and oxygen atoms in total. The van der Waals surface area contributed by atoms with Gasteiger partial charge < -0.3 is 5.32 Å². The largest absolute Gasteiger partial charge is 0.310 e. The van der Waals surface area contributed by atoms with Gasteiger partial charge >= 0.3 is 0 Å². The third kappa shape index (κ3) is 4.78. The second-order valence-electron chi connectivity index (χ2n) is 7.35. The number of benzene rings is 1. The Morgan fingerprint density at radius 2 is 1.93 bits per heavy atom. The summed E-state index contributed by atoms with van der Waals surface area (Å²) >= 11 is 0. The molecule has 0 spiro atoms. The maximum Gasteiger partial charge on any atom is 0.239 e. The summed E-state index contributed by atoms with van der Waals surface area (Å²) in [6, 6.07) is 8.51.